The van der Waals surface area contributed by atoms with Crippen molar-refractivity contribution in [3.05, 3.63) is 40.4 Å². The third-order valence-electron chi connectivity index (χ3n) is 5.70. The van der Waals surface area contributed by atoms with Gasteiger partial charge in [0, 0.05) is 17.1 Å². The number of rotatable bonds is 2. The lowest BCUT2D eigenvalue weighted by molar-refractivity contribution is 0.0248. The highest BCUT2D eigenvalue weighted by atomic mass is 35.5. The van der Waals surface area contributed by atoms with E-state index in [-0.39, 0.29) is 12.6 Å². The van der Waals surface area contributed by atoms with E-state index in [0.717, 1.165) is 17.1 Å². The number of carbonyl (C=O) groups excluding carboxylic acids is 2. The Hall–Kier alpha value is -3.04. The zero-order chi connectivity index (χ0) is 23.3. The molecule has 5 rings (SSSR count). The molecule has 33 heavy (non-hydrogen) atoms. The molecule has 4 heterocycles. The van der Waals surface area contributed by atoms with Crippen molar-refractivity contribution in [2.75, 3.05) is 36.6 Å². The van der Waals surface area contributed by atoms with Crippen LogP contribution in [0.15, 0.2) is 24.3 Å². The molecule has 2 aromatic rings. The van der Waals surface area contributed by atoms with Crippen molar-refractivity contribution in [2.24, 2.45) is 0 Å². The lowest BCUT2D eigenvalue weighted by Gasteiger charge is -2.40. The predicted molar refractivity (Wildman–Crippen MR) is 123 cm³/mol. The number of nitrogens with zero attached hydrogens (tertiary/aromatic N) is 3. The molecular formula is C23H25ClN4O5. The van der Waals surface area contributed by atoms with Crippen molar-refractivity contribution < 1.29 is 23.8 Å². The number of nitrogens with one attached hydrogen (secondary N) is 1. The van der Waals surface area contributed by atoms with Crippen LogP contribution in [0.3, 0.4) is 0 Å². The lowest BCUT2D eigenvalue weighted by Crippen LogP contribution is -2.51. The fourth-order valence-electron chi connectivity index (χ4n) is 4.21. The van der Waals surface area contributed by atoms with Gasteiger partial charge in [-0.05, 0) is 45.0 Å². The smallest absolute Gasteiger partial charge is 0.417 e. The number of imide groups is 1. The fraction of sp³-hybridized carbons (Fsp3) is 0.435. The van der Waals surface area contributed by atoms with E-state index in [0.29, 0.717) is 53.4 Å². The SMILES string of the molecule is CC(C)(C)OC(=O)N1Cc2c(Cl)ccc(Nc3ccc4c(n3)OC[C@H]3COCCN43)c2C1=O. The minimum Gasteiger partial charge on any atom is -0.474 e. The number of fused-ring (bicyclic) bond motifs is 4. The van der Waals surface area contributed by atoms with Gasteiger partial charge >= 0.3 is 6.09 Å². The van der Waals surface area contributed by atoms with Crippen molar-refractivity contribution in [2.45, 2.75) is 39.0 Å². The predicted octanol–water partition coefficient (Wildman–Crippen LogP) is 3.97. The second kappa shape index (κ2) is 8.07. The van der Waals surface area contributed by atoms with Gasteiger partial charge in [0.2, 0.25) is 5.88 Å². The van der Waals surface area contributed by atoms with Crippen LogP contribution in [-0.4, -0.2) is 59.9 Å². The van der Waals surface area contributed by atoms with Gasteiger partial charge in [-0.3, -0.25) is 4.79 Å². The highest BCUT2D eigenvalue weighted by molar-refractivity contribution is 6.32. The number of morpholine rings is 1. The van der Waals surface area contributed by atoms with Crippen LogP contribution in [0.2, 0.25) is 5.02 Å². The average Bonchev–Trinajstić information content (AvgIpc) is 3.13. The molecule has 1 N–H and O–H groups in total. The van der Waals surface area contributed by atoms with Crippen molar-refractivity contribution in [1.29, 1.82) is 0 Å². The van der Waals surface area contributed by atoms with Gasteiger partial charge in [0.1, 0.15) is 23.7 Å². The summed E-state index contributed by atoms with van der Waals surface area (Å²) in [5.74, 6) is 0.591. The summed E-state index contributed by atoms with van der Waals surface area (Å²) >= 11 is 6.36. The molecule has 3 aliphatic rings. The maximum atomic E-state index is 13.1. The molecule has 10 heteroatoms. The molecule has 0 aliphatic carbocycles. The molecule has 0 unspecified atom stereocenters. The second-order valence-corrected chi connectivity index (χ2v) is 9.61. The quantitative estimate of drug-likeness (QED) is 0.701. The number of hydrogen-bond acceptors (Lipinski definition) is 8. The highest BCUT2D eigenvalue weighted by Crippen LogP contribution is 2.38. The Balaban J connectivity index is 1.41. The highest BCUT2D eigenvalue weighted by Gasteiger charge is 2.38. The molecule has 1 saturated heterocycles. The molecule has 1 aromatic carbocycles. The molecule has 3 aliphatic heterocycles. The molecule has 1 atom stereocenters. The van der Waals surface area contributed by atoms with Crippen LogP contribution < -0.4 is 15.0 Å². The van der Waals surface area contributed by atoms with E-state index in [4.69, 9.17) is 25.8 Å². The molecular weight excluding hydrogens is 448 g/mol. The molecule has 1 fully saturated rings. The first kappa shape index (κ1) is 21.8. The van der Waals surface area contributed by atoms with Crippen LogP contribution in [0.1, 0.15) is 36.7 Å². The largest absolute Gasteiger partial charge is 0.474 e. The number of hydrogen-bond donors (Lipinski definition) is 1. The monoisotopic (exact) mass is 472 g/mol. The second-order valence-electron chi connectivity index (χ2n) is 9.20. The standard InChI is InChI=1S/C23H25ClN4O5/c1-23(2,3)33-22(30)28-10-14-15(24)4-5-16(19(14)21(28)29)25-18-7-6-17-20(26-18)32-12-13-11-31-9-8-27(13)17/h4-7,13H,8-12H2,1-3H3,(H,25,26)/t13-/m1/s1. The van der Waals surface area contributed by atoms with Crippen LogP contribution >= 0.6 is 11.6 Å². The summed E-state index contributed by atoms with van der Waals surface area (Å²) < 4.78 is 16.8. The maximum absolute atomic E-state index is 13.1. The van der Waals surface area contributed by atoms with E-state index < -0.39 is 17.6 Å². The number of anilines is 3. The van der Waals surface area contributed by atoms with E-state index >= 15 is 0 Å². The van der Waals surface area contributed by atoms with Gasteiger partial charge in [-0.15, -0.1) is 0 Å². The van der Waals surface area contributed by atoms with Crippen LogP contribution in [0, 0.1) is 0 Å². The number of halogens is 1. The fourth-order valence-corrected chi connectivity index (χ4v) is 4.42. The minimum absolute atomic E-state index is 0.0522. The Morgan fingerprint density at radius 2 is 2.06 bits per heavy atom. The van der Waals surface area contributed by atoms with Gasteiger partial charge in [0.15, 0.2) is 0 Å². The molecule has 9 nitrogen and oxygen atoms in total. The number of pyridine rings is 1. The van der Waals surface area contributed by atoms with Crippen LogP contribution in [-0.2, 0) is 16.0 Å². The van der Waals surface area contributed by atoms with Crippen LogP contribution in [0.4, 0.5) is 22.0 Å². The molecule has 0 spiro atoms. The number of amides is 2. The molecule has 0 radical (unpaired) electrons. The van der Waals surface area contributed by atoms with E-state index in [1.54, 1.807) is 32.9 Å². The van der Waals surface area contributed by atoms with Crippen LogP contribution in [0.5, 0.6) is 5.88 Å². The first-order valence-electron chi connectivity index (χ1n) is 10.8. The first-order chi connectivity index (χ1) is 15.7. The van der Waals surface area contributed by atoms with Gasteiger partial charge in [-0.1, -0.05) is 11.6 Å². The third-order valence-corrected chi connectivity index (χ3v) is 6.05. The average molecular weight is 473 g/mol. The normalized spacial score (nSPS) is 19.4. The zero-order valence-corrected chi connectivity index (χ0v) is 19.4. The Labute approximate surface area is 196 Å². The Morgan fingerprint density at radius 1 is 1.24 bits per heavy atom. The summed E-state index contributed by atoms with van der Waals surface area (Å²) in [5.41, 5.74) is 1.63. The molecule has 2 amide bonds. The third kappa shape index (κ3) is 4.06. The summed E-state index contributed by atoms with van der Waals surface area (Å²) in [6.45, 7) is 7.90. The number of benzene rings is 1. The summed E-state index contributed by atoms with van der Waals surface area (Å²) in [7, 11) is 0. The van der Waals surface area contributed by atoms with Gasteiger partial charge in [0.25, 0.3) is 5.91 Å². The zero-order valence-electron chi connectivity index (χ0n) is 18.7. The van der Waals surface area contributed by atoms with E-state index in [9.17, 15) is 9.59 Å². The topological polar surface area (TPSA) is 93.2 Å². The number of ether oxygens (including phenoxy) is 3. The van der Waals surface area contributed by atoms with Crippen molar-refractivity contribution >= 4 is 40.8 Å². The molecule has 0 bridgehead atoms. The van der Waals surface area contributed by atoms with E-state index in [2.05, 4.69) is 15.2 Å². The molecule has 174 valence electrons. The first-order valence-corrected chi connectivity index (χ1v) is 11.2. The van der Waals surface area contributed by atoms with Crippen LogP contribution in [0.25, 0.3) is 0 Å². The van der Waals surface area contributed by atoms with Gasteiger partial charge in [0.05, 0.1) is 37.1 Å². The maximum Gasteiger partial charge on any atom is 0.417 e. The van der Waals surface area contributed by atoms with E-state index in [1.165, 1.54) is 0 Å². The van der Waals surface area contributed by atoms with E-state index in [1.807, 2.05) is 12.1 Å². The Kier molecular flexibility index (Phi) is 5.33. The summed E-state index contributed by atoms with van der Waals surface area (Å²) in [6, 6.07) is 7.38. The minimum atomic E-state index is -0.719. The number of aromatic nitrogens is 1. The number of carbonyl (C=O) groups is 2. The molecule has 1 aromatic heterocycles. The van der Waals surface area contributed by atoms with Gasteiger partial charge < -0.3 is 24.4 Å². The van der Waals surface area contributed by atoms with Gasteiger partial charge in [-0.2, -0.15) is 4.98 Å². The van der Waals surface area contributed by atoms with Gasteiger partial charge in [-0.25, -0.2) is 9.69 Å². The summed E-state index contributed by atoms with van der Waals surface area (Å²) in [6.07, 6.45) is -0.703. The summed E-state index contributed by atoms with van der Waals surface area (Å²) in [5, 5.41) is 3.61. The Morgan fingerprint density at radius 3 is 2.85 bits per heavy atom. The lowest BCUT2D eigenvalue weighted by atomic mass is 10.1. The Bertz CT molecular complexity index is 1130. The van der Waals surface area contributed by atoms with Crippen molar-refractivity contribution in [3.63, 3.8) is 0 Å². The molecule has 0 saturated carbocycles. The van der Waals surface area contributed by atoms with Crippen molar-refractivity contribution in [3.8, 4) is 5.88 Å². The summed E-state index contributed by atoms with van der Waals surface area (Å²) in [4.78, 5) is 33.6. The van der Waals surface area contributed by atoms with Crippen molar-refractivity contribution in [1.82, 2.24) is 9.88 Å².